The van der Waals surface area contributed by atoms with Gasteiger partial charge >= 0.3 is 0 Å². The highest BCUT2D eigenvalue weighted by Crippen LogP contribution is 2.40. The molecule has 1 aromatic rings. The molecule has 1 aromatic carbocycles. The number of rotatable bonds is 5. The molecule has 1 aliphatic carbocycles. The zero-order chi connectivity index (χ0) is 14.5. The molecule has 0 saturated heterocycles. The molecule has 0 aliphatic heterocycles. The van der Waals surface area contributed by atoms with E-state index in [0.29, 0.717) is 6.04 Å². The summed E-state index contributed by atoms with van der Waals surface area (Å²) in [4.78, 5) is 0. The van der Waals surface area contributed by atoms with E-state index in [1.54, 1.807) is 0 Å². The van der Waals surface area contributed by atoms with Crippen molar-refractivity contribution in [1.29, 1.82) is 0 Å². The number of benzene rings is 1. The molecular weight excluding hydrogens is 266 g/mol. The minimum absolute atomic E-state index is 0.461. The third-order valence-corrected chi connectivity index (χ3v) is 5.31. The SMILES string of the molecule is CCNC(c1ccc(C)c(Cl)c1)C1CCCCC1CC. The van der Waals surface area contributed by atoms with Gasteiger partial charge in [-0.05, 0) is 48.9 Å². The molecule has 0 aromatic heterocycles. The van der Waals surface area contributed by atoms with Crippen molar-refractivity contribution in [2.45, 2.75) is 58.9 Å². The second-order valence-corrected chi connectivity index (χ2v) is 6.57. The van der Waals surface area contributed by atoms with Crippen molar-refractivity contribution in [2.24, 2.45) is 11.8 Å². The Morgan fingerprint density at radius 1 is 1.25 bits per heavy atom. The van der Waals surface area contributed by atoms with Gasteiger partial charge in [0.15, 0.2) is 0 Å². The topological polar surface area (TPSA) is 12.0 Å². The molecule has 0 radical (unpaired) electrons. The lowest BCUT2D eigenvalue weighted by Crippen LogP contribution is -2.34. The summed E-state index contributed by atoms with van der Waals surface area (Å²) in [5, 5.41) is 4.62. The summed E-state index contributed by atoms with van der Waals surface area (Å²) in [7, 11) is 0. The molecule has 1 N–H and O–H groups in total. The van der Waals surface area contributed by atoms with Gasteiger partial charge in [-0.2, -0.15) is 0 Å². The van der Waals surface area contributed by atoms with Gasteiger partial charge in [0.25, 0.3) is 0 Å². The smallest absolute Gasteiger partial charge is 0.0438 e. The van der Waals surface area contributed by atoms with Gasteiger partial charge in [0.05, 0.1) is 0 Å². The van der Waals surface area contributed by atoms with Gasteiger partial charge in [-0.15, -0.1) is 0 Å². The molecule has 0 amide bonds. The van der Waals surface area contributed by atoms with Crippen molar-refractivity contribution in [2.75, 3.05) is 6.54 Å². The normalized spacial score (nSPS) is 24.6. The number of hydrogen-bond donors (Lipinski definition) is 1. The van der Waals surface area contributed by atoms with Crippen molar-refractivity contribution in [3.05, 3.63) is 34.3 Å². The van der Waals surface area contributed by atoms with Crippen LogP contribution in [0, 0.1) is 18.8 Å². The van der Waals surface area contributed by atoms with Gasteiger partial charge in [-0.1, -0.05) is 63.3 Å². The zero-order valence-electron chi connectivity index (χ0n) is 13.1. The van der Waals surface area contributed by atoms with E-state index in [-0.39, 0.29) is 0 Å². The zero-order valence-corrected chi connectivity index (χ0v) is 13.8. The molecular formula is C18H28ClN. The molecule has 2 rings (SSSR count). The van der Waals surface area contributed by atoms with Crippen molar-refractivity contribution < 1.29 is 0 Å². The molecule has 112 valence electrons. The predicted octanol–water partition coefficient (Wildman–Crippen LogP) is 5.52. The first kappa shape index (κ1) is 15.9. The first-order chi connectivity index (χ1) is 9.67. The molecule has 0 spiro atoms. The highest BCUT2D eigenvalue weighted by molar-refractivity contribution is 6.31. The van der Waals surface area contributed by atoms with E-state index < -0.39 is 0 Å². The largest absolute Gasteiger partial charge is 0.310 e. The molecule has 1 nitrogen and oxygen atoms in total. The van der Waals surface area contributed by atoms with E-state index in [1.807, 2.05) is 0 Å². The second kappa shape index (κ2) is 7.47. The van der Waals surface area contributed by atoms with Crippen LogP contribution in [-0.2, 0) is 0 Å². The van der Waals surface area contributed by atoms with Crippen LogP contribution in [-0.4, -0.2) is 6.54 Å². The predicted molar refractivity (Wildman–Crippen MR) is 88.3 cm³/mol. The minimum Gasteiger partial charge on any atom is -0.310 e. The monoisotopic (exact) mass is 293 g/mol. The first-order valence-electron chi connectivity index (χ1n) is 8.16. The Balaban J connectivity index is 2.26. The van der Waals surface area contributed by atoms with E-state index in [2.05, 4.69) is 44.3 Å². The van der Waals surface area contributed by atoms with Crippen LogP contribution in [0.4, 0.5) is 0 Å². The average Bonchev–Trinajstić information content (AvgIpc) is 2.48. The van der Waals surface area contributed by atoms with Crippen LogP contribution < -0.4 is 5.32 Å². The maximum absolute atomic E-state index is 6.34. The van der Waals surface area contributed by atoms with Gasteiger partial charge in [-0.3, -0.25) is 0 Å². The lowest BCUT2D eigenvalue weighted by atomic mass is 9.72. The van der Waals surface area contributed by atoms with Crippen LogP contribution in [0.25, 0.3) is 0 Å². The third kappa shape index (κ3) is 3.56. The molecule has 0 heterocycles. The summed E-state index contributed by atoms with van der Waals surface area (Å²) in [6.45, 7) is 7.63. The quantitative estimate of drug-likeness (QED) is 0.754. The van der Waals surface area contributed by atoms with Gasteiger partial charge < -0.3 is 5.32 Å². The lowest BCUT2D eigenvalue weighted by Gasteiger charge is -2.37. The molecule has 20 heavy (non-hydrogen) atoms. The van der Waals surface area contributed by atoms with Crippen LogP contribution >= 0.6 is 11.6 Å². The number of aryl methyl sites for hydroxylation is 1. The Kier molecular flexibility index (Phi) is 5.92. The van der Waals surface area contributed by atoms with Crippen molar-refractivity contribution in [1.82, 2.24) is 5.32 Å². The van der Waals surface area contributed by atoms with E-state index in [0.717, 1.165) is 23.4 Å². The Bertz CT molecular complexity index is 429. The highest BCUT2D eigenvalue weighted by atomic mass is 35.5. The molecule has 0 bridgehead atoms. The molecule has 2 heteroatoms. The summed E-state index contributed by atoms with van der Waals surface area (Å²) in [6.07, 6.45) is 6.82. The van der Waals surface area contributed by atoms with Crippen LogP contribution in [0.2, 0.25) is 5.02 Å². The molecule has 1 fully saturated rings. The van der Waals surface area contributed by atoms with Gasteiger partial charge in [-0.25, -0.2) is 0 Å². The van der Waals surface area contributed by atoms with Crippen LogP contribution in [0.3, 0.4) is 0 Å². The summed E-state index contributed by atoms with van der Waals surface area (Å²) in [5.41, 5.74) is 2.54. The van der Waals surface area contributed by atoms with Gasteiger partial charge in [0, 0.05) is 11.1 Å². The van der Waals surface area contributed by atoms with Crippen LogP contribution in [0.5, 0.6) is 0 Å². The van der Waals surface area contributed by atoms with Gasteiger partial charge in [0.2, 0.25) is 0 Å². The fraction of sp³-hybridized carbons (Fsp3) is 0.667. The molecule has 3 unspecified atom stereocenters. The number of nitrogens with one attached hydrogen (secondary N) is 1. The summed E-state index contributed by atoms with van der Waals surface area (Å²) in [5.74, 6) is 1.61. The van der Waals surface area contributed by atoms with Crippen LogP contribution in [0.1, 0.15) is 63.1 Å². The summed E-state index contributed by atoms with van der Waals surface area (Å²) >= 11 is 6.34. The first-order valence-corrected chi connectivity index (χ1v) is 8.54. The minimum atomic E-state index is 0.461. The van der Waals surface area contributed by atoms with Gasteiger partial charge in [0.1, 0.15) is 0 Å². The van der Waals surface area contributed by atoms with Crippen molar-refractivity contribution in [3.63, 3.8) is 0 Å². The molecule has 1 saturated carbocycles. The standard InChI is InChI=1S/C18H28ClN/c1-4-14-8-6-7-9-16(14)18(20-5-2)15-11-10-13(3)17(19)12-15/h10-12,14,16,18,20H,4-9H2,1-3H3. The van der Waals surface area contributed by atoms with E-state index in [1.165, 1.54) is 43.2 Å². The molecule has 1 aliphatic rings. The molecule has 3 atom stereocenters. The number of hydrogen-bond acceptors (Lipinski definition) is 1. The maximum atomic E-state index is 6.34. The summed E-state index contributed by atoms with van der Waals surface area (Å²) in [6, 6.07) is 7.05. The van der Waals surface area contributed by atoms with Crippen molar-refractivity contribution >= 4 is 11.6 Å². The summed E-state index contributed by atoms with van der Waals surface area (Å²) < 4.78 is 0. The maximum Gasteiger partial charge on any atom is 0.0438 e. The fourth-order valence-electron chi connectivity index (χ4n) is 3.72. The third-order valence-electron chi connectivity index (χ3n) is 4.90. The highest BCUT2D eigenvalue weighted by Gasteiger charge is 2.31. The Morgan fingerprint density at radius 3 is 2.65 bits per heavy atom. The van der Waals surface area contributed by atoms with Crippen LogP contribution in [0.15, 0.2) is 18.2 Å². The fourth-order valence-corrected chi connectivity index (χ4v) is 3.91. The average molecular weight is 294 g/mol. The van der Waals surface area contributed by atoms with E-state index in [9.17, 15) is 0 Å². The van der Waals surface area contributed by atoms with E-state index in [4.69, 9.17) is 11.6 Å². The Morgan fingerprint density at radius 2 is 2.00 bits per heavy atom. The Labute approximate surface area is 129 Å². The lowest BCUT2D eigenvalue weighted by molar-refractivity contribution is 0.177. The van der Waals surface area contributed by atoms with E-state index >= 15 is 0 Å². The second-order valence-electron chi connectivity index (χ2n) is 6.16. The number of halogens is 1. The van der Waals surface area contributed by atoms with Crippen molar-refractivity contribution in [3.8, 4) is 0 Å². The Hall–Kier alpha value is -0.530.